The topological polar surface area (TPSA) is 0 Å². The van der Waals surface area contributed by atoms with Crippen LogP contribution in [0.15, 0.2) is 0 Å². The van der Waals surface area contributed by atoms with E-state index in [0.29, 0.717) is 12.8 Å². The van der Waals surface area contributed by atoms with E-state index < -0.39 is 10.7 Å². The Bertz CT molecular complexity index is 258. The van der Waals surface area contributed by atoms with Gasteiger partial charge in [-0.3, -0.25) is 0 Å². The molecule has 2 fully saturated rings. The molecular formula is C16H27BrF2. The van der Waals surface area contributed by atoms with E-state index in [2.05, 4.69) is 22.9 Å². The molecule has 0 aromatic carbocycles. The van der Waals surface area contributed by atoms with Crippen molar-refractivity contribution in [1.29, 1.82) is 0 Å². The quantitative estimate of drug-likeness (QED) is 0.522. The smallest absolute Gasteiger partial charge is 0.193 e. The predicted octanol–water partition coefficient (Wildman–Crippen LogP) is 6.39. The number of halogens is 3. The molecule has 2 aliphatic rings. The number of rotatable bonds is 4. The van der Waals surface area contributed by atoms with Gasteiger partial charge in [-0.2, -0.15) is 8.78 Å². The zero-order chi connectivity index (χ0) is 13.9. The van der Waals surface area contributed by atoms with Crippen molar-refractivity contribution < 1.29 is 8.78 Å². The molecule has 2 rings (SSSR count). The van der Waals surface area contributed by atoms with Crippen molar-refractivity contribution in [2.75, 3.05) is 0 Å². The first-order valence-electron chi connectivity index (χ1n) is 8.07. The summed E-state index contributed by atoms with van der Waals surface area (Å²) in [6.07, 6.45) is 11.6. The fourth-order valence-corrected chi connectivity index (χ4v) is 4.73. The van der Waals surface area contributed by atoms with Crippen LogP contribution in [-0.2, 0) is 0 Å². The Morgan fingerprint density at radius 3 is 1.79 bits per heavy atom. The van der Waals surface area contributed by atoms with Crippen molar-refractivity contribution in [3.8, 4) is 0 Å². The number of alkyl halides is 3. The molecule has 0 spiro atoms. The van der Waals surface area contributed by atoms with E-state index in [9.17, 15) is 8.78 Å². The fourth-order valence-electron chi connectivity index (χ4n) is 4.27. The van der Waals surface area contributed by atoms with Gasteiger partial charge in [0.2, 0.25) is 0 Å². The van der Waals surface area contributed by atoms with Gasteiger partial charge in [-0.25, -0.2) is 0 Å². The van der Waals surface area contributed by atoms with Gasteiger partial charge in [0.25, 0.3) is 0 Å². The molecule has 3 heteroatoms. The molecule has 0 N–H and O–H groups in total. The summed E-state index contributed by atoms with van der Waals surface area (Å²) in [6.45, 7) is 2.27. The Hall–Kier alpha value is 0.340. The minimum atomic E-state index is -2.64. The molecule has 0 aromatic heterocycles. The minimum absolute atomic E-state index is 0.430. The maximum atomic E-state index is 13.2. The monoisotopic (exact) mass is 336 g/mol. The molecule has 0 nitrogen and oxygen atoms in total. The number of hydrogen-bond acceptors (Lipinski definition) is 0. The first kappa shape index (κ1) is 15.7. The maximum Gasteiger partial charge on any atom is 0.304 e. The highest BCUT2D eigenvalue weighted by molar-refractivity contribution is 9.10. The highest BCUT2D eigenvalue weighted by atomic mass is 79.9. The summed E-state index contributed by atoms with van der Waals surface area (Å²) < 4.78 is 26.5. The van der Waals surface area contributed by atoms with Crippen molar-refractivity contribution in [1.82, 2.24) is 0 Å². The van der Waals surface area contributed by atoms with Crippen LogP contribution in [0.1, 0.15) is 71.1 Å². The van der Waals surface area contributed by atoms with E-state index in [4.69, 9.17) is 0 Å². The highest BCUT2D eigenvalue weighted by Crippen LogP contribution is 2.46. The molecule has 2 aliphatic carbocycles. The highest BCUT2D eigenvalue weighted by Gasteiger charge is 2.40. The molecule has 0 bridgehead atoms. The summed E-state index contributed by atoms with van der Waals surface area (Å²) in [7, 11) is 0. The van der Waals surface area contributed by atoms with Gasteiger partial charge in [0.1, 0.15) is 0 Å². The molecule has 2 saturated carbocycles. The molecule has 0 heterocycles. The van der Waals surface area contributed by atoms with Crippen LogP contribution in [0, 0.1) is 23.7 Å². The Kier molecular flexibility index (Phi) is 5.68. The maximum absolute atomic E-state index is 13.2. The predicted molar refractivity (Wildman–Crippen MR) is 79.7 cm³/mol. The van der Waals surface area contributed by atoms with Gasteiger partial charge in [-0.05, 0) is 72.2 Å². The second-order valence-electron chi connectivity index (χ2n) is 6.72. The summed E-state index contributed by atoms with van der Waals surface area (Å²) >= 11 is 2.55. The van der Waals surface area contributed by atoms with Crippen LogP contribution in [0.5, 0.6) is 0 Å². The third kappa shape index (κ3) is 4.41. The zero-order valence-electron chi connectivity index (χ0n) is 12.0. The zero-order valence-corrected chi connectivity index (χ0v) is 13.6. The van der Waals surface area contributed by atoms with E-state index in [1.165, 1.54) is 38.5 Å². The third-order valence-corrected chi connectivity index (χ3v) is 6.14. The first-order chi connectivity index (χ1) is 9.00. The molecule has 19 heavy (non-hydrogen) atoms. The SMILES string of the molecule is CCCC1CCC(C2CCC(C(F)(F)Br)CC2)CC1. The number of hydrogen-bond donors (Lipinski definition) is 0. The van der Waals surface area contributed by atoms with E-state index >= 15 is 0 Å². The summed E-state index contributed by atoms with van der Waals surface area (Å²) in [5, 5.41) is 0. The average Bonchev–Trinajstić information content (AvgIpc) is 2.39. The van der Waals surface area contributed by atoms with Crippen molar-refractivity contribution in [3.05, 3.63) is 0 Å². The van der Waals surface area contributed by atoms with Crippen molar-refractivity contribution in [3.63, 3.8) is 0 Å². The van der Waals surface area contributed by atoms with Gasteiger partial charge in [0.15, 0.2) is 0 Å². The lowest BCUT2D eigenvalue weighted by Gasteiger charge is -2.38. The van der Waals surface area contributed by atoms with Crippen LogP contribution in [0.25, 0.3) is 0 Å². The summed E-state index contributed by atoms with van der Waals surface area (Å²) in [5.41, 5.74) is 0. The van der Waals surface area contributed by atoms with Crippen LogP contribution >= 0.6 is 15.9 Å². The van der Waals surface area contributed by atoms with Gasteiger partial charge in [0.05, 0.1) is 0 Å². The molecule has 0 aromatic rings. The standard InChI is InChI=1S/C16H27BrF2/c1-2-3-12-4-6-13(7-5-12)14-8-10-15(11-9-14)16(17,18)19/h12-15H,2-11H2,1H3. The van der Waals surface area contributed by atoms with Gasteiger partial charge in [-0.15, -0.1) is 0 Å². The van der Waals surface area contributed by atoms with E-state index in [-0.39, 0.29) is 0 Å². The Morgan fingerprint density at radius 2 is 1.37 bits per heavy atom. The lowest BCUT2D eigenvalue weighted by Crippen LogP contribution is -2.30. The summed E-state index contributed by atoms with van der Waals surface area (Å²) in [6, 6.07) is 0. The van der Waals surface area contributed by atoms with Crippen LogP contribution in [0.4, 0.5) is 8.78 Å². The summed E-state index contributed by atoms with van der Waals surface area (Å²) in [4.78, 5) is -2.64. The largest absolute Gasteiger partial charge is 0.304 e. The summed E-state index contributed by atoms with van der Waals surface area (Å²) in [5.74, 6) is 2.08. The van der Waals surface area contributed by atoms with Crippen LogP contribution < -0.4 is 0 Å². The van der Waals surface area contributed by atoms with Gasteiger partial charge >= 0.3 is 4.83 Å². The molecule has 0 unspecified atom stereocenters. The second kappa shape index (κ2) is 6.87. The molecule has 0 aliphatic heterocycles. The van der Waals surface area contributed by atoms with Crippen LogP contribution in [-0.4, -0.2) is 4.83 Å². The molecule has 0 amide bonds. The van der Waals surface area contributed by atoms with Gasteiger partial charge in [-0.1, -0.05) is 32.6 Å². The van der Waals surface area contributed by atoms with Crippen LogP contribution in [0.3, 0.4) is 0 Å². The minimum Gasteiger partial charge on any atom is -0.193 e. The van der Waals surface area contributed by atoms with E-state index in [0.717, 1.165) is 30.6 Å². The van der Waals surface area contributed by atoms with Gasteiger partial charge in [0, 0.05) is 5.92 Å². The lowest BCUT2D eigenvalue weighted by molar-refractivity contribution is 0.00975. The van der Waals surface area contributed by atoms with Crippen molar-refractivity contribution in [2.45, 2.75) is 76.0 Å². The Morgan fingerprint density at radius 1 is 0.895 bits per heavy atom. The Labute approximate surface area is 124 Å². The van der Waals surface area contributed by atoms with Crippen molar-refractivity contribution in [2.24, 2.45) is 23.7 Å². The molecule has 0 radical (unpaired) electrons. The van der Waals surface area contributed by atoms with Gasteiger partial charge < -0.3 is 0 Å². The van der Waals surface area contributed by atoms with Crippen LogP contribution in [0.2, 0.25) is 0 Å². The lowest BCUT2D eigenvalue weighted by atomic mass is 9.69. The van der Waals surface area contributed by atoms with Crippen molar-refractivity contribution >= 4 is 15.9 Å². The normalized spacial score (nSPS) is 37.3. The van der Waals surface area contributed by atoms with E-state index in [1.54, 1.807) is 0 Å². The average molecular weight is 337 g/mol. The molecule has 0 atom stereocenters. The first-order valence-corrected chi connectivity index (χ1v) is 8.86. The molecular weight excluding hydrogens is 310 g/mol. The molecule has 112 valence electrons. The Balaban J connectivity index is 1.74. The third-order valence-electron chi connectivity index (χ3n) is 5.49. The van der Waals surface area contributed by atoms with E-state index in [1.807, 2.05) is 0 Å². The fraction of sp³-hybridized carbons (Fsp3) is 1.00. The second-order valence-corrected chi connectivity index (χ2v) is 7.78. The molecule has 0 saturated heterocycles.